The Morgan fingerprint density at radius 1 is 1.33 bits per heavy atom. The van der Waals surface area contributed by atoms with Crippen molar-refractivity contribution in [3.05, 3.63) is 47.5 Å². The van der Waals surface area contributed by atoms with E-state index < -0.39 is 0 Å². The Bertz CT molecular complexity index is 742. The van der Waals surface area contributed by atoms with Gasteiger partial charge in [-0.2, -0.15) is 0 Å². The molecule has 0 saturated heterocycles. The van der Waals surface area contributed by atoms with Crippen LogP contribution in [0.2, 0.25) is 0 Å². The molecular formula is C18H21N3O3. The lowest BCUT2D eigenvalue weighted by Gasteiger charge is -2.18. The highest BCUT2D eigenvalue weighted by Crippen LogP contribution is 2.41. The van der Waals surface area contributed by atoms with Crippen LogP contribution in [0.25, 0.3) is 0 Å². The lowest BCUT2D eigenvalue weighted by molar-refractivity contribution is 0.0941. The van der Waals surface area contributed by atoms with Gasteiger partial charge in [0.2, 0.25) is 0 Å². The van der Waals surface area contributed by atoms with Crippen LogP contribution in [0.15, 0.2) is 30.6 Å². The van der Waals surface area contributed by atoms with Crippen molar-refractivity contribution in [3.63, 3.8) is 0 Å². The molecule has 1 aromatic carbocycles. The highest BCUT2D eigenvalue weighted by molar-refractivity contribution is 5.91. The number of rotatable bonds is 5. The van der Waals surface area contributed by atoms with Crippen molar-refractivity contribution in [1.29, 1.82) is 0 Å². The van der Waals surface area contributed by atoms with Crippen molar-refractivity contribution >= 4 is 5.91 Å². The van der Waals surface area contributed by atoms with Crippen LogP contribution in [0, 0.1) is 6.92 Å². The third-order valence-electron chi connectivity index (χ3n) is 3.71. The average molecular weight is 327 g/mol. The number of carbonyl (C=O) groups excluding carboxylic acids is 1. The van der Waals surface area contributed by atoms with Crippen LogP contribution in [0.5, 0.6) is 11.5 Å². The van der Waals surface area contributed by atoms with Gasteiger partial charge in [-0.15, -0.1) is 0 Å². The van der Waals surface area contributed by atoms with E-state index in [1.165, 1.54) is 6.20 Å². The van der Waals surface area contributed by atoms with Gasteiger partial charge in [0, 0.05) is 18.2 Å². The maximum Gasteiger partial charge on any atom is 0.271 e. The van der Waals surface area contributed by atoms with Crippen LogP contribution < -0.4 is 14.8 Å². The number of hydrogen-bond acceptors (Lipinski definition) is 5. The monoisotopic (exact) mass is 327 g/mol. The fraction of sp³-hybridized carbons (Fsp3) is 0.389. The highest BCUT2D eigenvalue weighted by atomic mass is 16.5. The van der Waals surface area contributed by atoms with E-state index in [1.807, 2.05) is 19.1 Å². The Morgan fingerprint density at radius 2 is 2.17 bits per heavy atom. The molecule has 2 heterocycles. The minimum atomic E-state index is -0.262. The molecule has 6 heteroatoms. The predicted molar refractivity (Wildman–Crippen MR) is 89.5 cm³/mol. The molecule has 1 N–H and O–H groups in total. The minimum absolute atomic E-state index is 0.208. The Balaban J connectivity index is 1.52. The molecule has 0 unspecified atom stereocenters. The Morgan fingerprint density at radius 3 is 2.92 bits per heavy atom. The molecule has 0 spiro atoms. The molecule has 24 heavy (non-hydrogen) atoms. The maximum atomic E-state index is 11.9. The first-order valence-corrected chi connectivity index (χ1v) is 7.95. The van der Waals surface area contributed by atoms with Crippen LogP contribution in [0.3, 0.4) is 0 Å². The van der Waals surface area contributed by atoms with Crippen molar-refractivity contribution in [1.82, 2.24) is 15.3 Å². The number of para-hydroxylation sites is 1. The molecule has 1 aromatic heterocycles. The second-order valence-electron chi connectivity index (χ2n) is 6.43. The quantitative estimate of drug-likeness (QED) is 0.853. The van der Waals surface area contributed by atoms with Crippen LogP contribution in [-0.4, -0.2) is 34.6 Å². The Kier molecular flexibility index (Phi) is 4.38. The zero-order chi connectivity index (χ0) is 17.2. The second kappa shape index (κ2) is 6.47. The highest BCUT2D eigenvalue weighted by Gasteiger charge is 2.32. The van der Waals surface area contributed by atoms with Gasteiger partial charge in [0.15, 0.2) is 11.5 Å². The first kappa shape index (κ1) is 16.2. The van der Waals surface area contributed by atoms with E-state index >= 15 is 0 Å². The molecule has 1 aliphatic heterocycles. The van der Waals surface area contributed by atoms with Gasteiger partial charge in [-0.1, -0.05) is 12.1 Å². The summed E-state index contributed by atoms with van der Waals surface area (Å²) in [5.41, 5.74) is 2.01. The number of benzene rings is 1. The topological polar surface area (TPSA) is 73.3 Å². The molecule has 0 saturated carbocycles. The molecule has 0 radical (unpaired) electrons. The van der Waals surface area contributed by atoms with E-state index in [1.54, 1.807) is 6.20 Å². The summed E-state index contributed by atoms with van der Waals surface area (Å²) in [4.78, 5) is 20.0. The van der Waals surface area contributed by atoms with Gasteiger partial charge >= 0.3 is 0 Å². The Hall–Kier alpha value is -2.63. The van der Waals surface area contributed by atoms with Crippen LogP contribution in [0.1, 0.15) is 35.6 Å². The van der Waals surface area contributed by atoms with Gasteiger partial charge < -0.3 is 14.8 Å². The van der Waals surface area contributed by atoms with E-state index in [-0.39, 0.29) is 11.5 Å². The average Bonchev–Trinajstić information content (AvgIpc) is 2.86. The molecule has 1 amide bonds. The standard InChI is InChI=1S/C18H21N3O3/c1-12-10-21-14(11-20-12)17(22)19-7-8-23-15-6-4-5-13-9-18(2,3)24-16(13)15/h4-6,10-11H,7-9H2,1-3H3,(H,19,22). The van der Waals surface area contributed by atoms with Gasteiger partial charge in [0.25, 0.3) is 5.91 Å². The minimum Gasteiger partial charge on any atom is -0.488 e. The number of aromatic nitrogens is 2. The van der Waals surface area contributed by atoms with Crippen molar-refractivity contribution < 1.29 is 14.3 Å². The van der Waals surface area contributed by atoms with E-state index in [0.29, 0.717) is 24.6 Å². The summed E-state index contributed by atoms with van der Waals surface area (Å²) in [6, 6.07) is 5.89. The third kappa shape index (κ3) is 3.64. The SMILES string of the molecule is Cc1cnc(C(=O)NCCOc2cccc3c2OC(C)(C)C3)cn1. The van der Waals surface area contributed by atoms with Crippen LogP contribution >= 0.6 is 0 Å². The number of aryl methyl sites for hydroxylation is 1. The summed E-state index contributed by atoms with van der Waals surface area (Å²) < 4.78 is 11.7. The van der Waals surface area contributed by atoms with Gasteiger partial charge in [0.05, 0.1) is 18.4 Å². The molecular weight excluding hydrogens is 306 g/mol. The van der Waals surface area contributed by atoms with E-state index in [0.717, 1.165) is 23.4 Å². The van der Waals surface area contributed by atoms with E-state index in [9.17, 15) is 4.79 Å². The molecule has 1 aliphatic rings. The van der Waals surface area contributed by atoms with Crippen molar-refractivity contribution in [3.8, 4) is 11.5 Å². The summed E-state index contributed by atoms with van der Waals surface area (Å²) in [6.07, 6.45) is 3.89. The zero-order valence-corrected chi connectivity index (χ0v) is 14.1. The molecule has 126 valence electrons. The summed E-state index contributed by atoms with van der Waals surface area (Å²) in [7, 11) is 0. The first-order chi connectivity index (χ1) is 11.4. The fourth-order valence-corrected chi connectivity index (χ4v) is 2.63. The number of nitrogens with one attached hydrogen (secondary N) is 1. The maximum absolute atomic E-state index is 11.9. The normalized spacial score (nSPS) is 14.6. The van der Waals surface area contributed by atoms with Crippen molar-refractivity contribution in [2.24, 2.45) is 0 Å². The van der Waals surface area contributed by atoms with Gasteiger partial charge in [-0.3, -0.25) is 9.78 Å². The molecule has 3 rings (SSSR count). The van der Waals surface area contributed by atoms with Crippen LogP contribution in [0.4, 0.5) is 0 Å². The number of amides is 1. The Labute approximate surface area is 141 Å². The number of hydrogen-bond donors (Lipinski definition) is 1. The predicted octanol–water partition coefficient (Wildman–Crippen LogP) is 2.31. The van der Waals surface area contributed by atoms with Crippen molar-refractivity contribution in [2.45, 2.75) is 32.8 Å². The summed E-state index contributed by atoms with van der Waals surface area (Å²) >= 11 is 0. The molecule has 0 atom stereocenters. The number of carbonyl (C=O) groups is 1. The lowest BCUT2D eigenvalue weighted by Crippen LogP contribution is -2.29. The first-order valence-electron chi connectivity index (χ1n) is 7.95. The van der Waals surface area contributed by atoms with Crippen LogP contribution in [-0.2, 0) is 6.42 Å². The molecule has 0 fully saturated rings. The van der Waals surface area contributed by atoms with Gasteiger partial charge in [-0.05, 0) is 26.8 Å². The van der Waals surface area contributed by atoms with E-state index in [2.05, 4.69) is 35.2 Å². The summed E-state index contributed by atoms with van der Waals surface area (Å²) in [5, 5.41) is 2.77. The van der Waals surface area contributed by atoms with Gasteiger partial charge in [0.1, 0.15) is 17.9 Å². The molecule has 0 aliphatic carbocycles. The van der Waals surface area contributed by atoms with Crippen molar-refractivity contribution in [2.75, 3.05) is 13.2 Å². The third-order valence-corrected chi connectivity index (χ3v) is 3.71. The second-order valence-corrected chi connectivity index (χ2v) is 6.43. The molecule has 6 nitrogen and oxygen atoms in total. The largest absolute Gasteiger partial charge is 0.488 e. The van der Waals surface area contributed by atoms with Gasteiger partial charge in [-0.25, -0.2) is 4.98 Å². The zero-order valence-electron chi connectivity index (χ0n) is 14.1. The summed E-state index contributed by atoms with van der Waals surface area (Å²) in [6.45, 7) is 6.66. The smallest absolute Gasteiger partial charge is 0.271 e. The fourth-order valence-electron chi connectivity index (χ4n) is 2.63. The number of nitrogens with zero attached hydrogens (tertiary/aromatic N) is 2. The molecule has 0 bridgehead atoms. The van der Waals surface area contributed by atoms with E-state index in [4.69, 9.17) is 9.47 Å². The lowest BCUT2D eigenvalue weighted by atomic mass is 10.0. The molecule has 2 aromatic rings. The summed E-state index contributed by atoms with van der Waals surface area (Å²) in [5.74, 6) is 1.25. The number of ether oxygens (including phenoxy) is 2. The number of fused-ring (bicyclic) bond motifs is 1.